The highest BCUT2D eigenvalue weighted by molar-refractivity contribution is 5.14. The normalized spacial score (nSPS) is 22.4. The summed E-state index contributed by atoms with van der Waals surface area (Å²) in [4.78, 5) is 4.19. The van der Waals surface area contributed by atoms with Crippen molar-refractivity contribution >= 4 is 0 Å². The van der Waals surface area contributed by atoms with Gasteiger partial charge in [-0.15, -0.1) is 0 Å². The Labute approximate surface area is 97.5 Å². The van der Waals surface area contributed by atoms with Gasteiger partial charge in [0.2, 0.25) is 0 Å². The third kappa shape index (κ3) is 2.27. The smallest absolute Gasteiger partial charge is 0.0315 e. The first-order chi connectivity index (χ1) is 7.84. The molecule has 2 nitrogen and oxygen atoms in total. The predicted molar refractivity (Wildman–Crippen MR) is 65.0 cm³/mol. The Bertz CT molecular complexity index is 329. The molecule has 86 valence electrons. The summed E-state index contributed by atoms with van der Waals surface area (Å²) in [5.74, 6) is 1.93. The largest absolute Gasteiger partial charge is 0.307 e. The summed E-state index contributed by atoms with van der Waals surface area (Å²) in [5, 5.41) is 3.82. The third-order valence-corrected chi connectivity index (χ3v) is 3.89. The van der Waals surface area contributed by atoms with Crippen LogP contribution in [-0.2, 0) is 0 Å². The van der Waals surface area contributed by atoms with Gasteiger partial charge in [0.1, 0.15) is 0 Å². The second-order valence-corrected chi connectivity index (χ2v) is 5.38. The fourth-order valence-corrected chi connectivity index (χ4v) is 2.58. The molecule has 0 spiro atoms. The maximum absolute atomic E-state index is 4.19. The molecule has 1 atom stereocenters. The van der Waals surface area contributed by atoms with Crippen molar-refractivity contribution in [2.45, 2.75) is 44.7 Å². The van der Waals surface area contributed by atoms with Gasteiger partial charge in [-0.1, -0.05) is 6.07 Å². The molecular weight excluding hydrogens is 196 g/mol. The van der Waals surface area contributed by atoms with Crippen LogP contribution in [0, 0.1) is 11.8 Å². The zero-order valence-electron chi connectivity index (χ0n) is 9.89. The van der Waals surface area contributed by atoms with Gasteiger partial charge < -0.3 is 5.32 Å². The number of aromatic nitrogens is 1. The van der Waals surface area contributed by atoms with E-state index in [1.807, 2.05) is 18.5 Å². The number of nitrogens with zero attached hydrogens (tertiary/aromatic N) is 1. The number of pyridine rings is 1. The van der Waals surface area contributed by atoms with Crippen LogP contribution in [0.15, 0.2) is 24.5 Å². The van der Waals surface area contributed by atoms with Crippen LogP contribution in [0.1, 0.15) is 44.2 Å². The lowest BCUT2D eigenvalue weighted by molar-refractivity contribution is 0.377. The van der Waals surface area contributed by atoms with Gasteiger partial charge in [0.25, 0.3) is 0 Å². The summed E-state index contributed by atoms with van der Waals surface area (Å²) >= 11 is 0. The Morgan fingerprint density at radius 2 is 1.94 bits per heavy atom. The van der Waals surface area contributed by atoms with Crippen LogP contribution in [-0.4, -0.2) is 11.0 Å². The van der Waals surface area contributed by atoms with Gasteiger partial charge in [0.15, 0.2) is 0 Å². The van der Waals surface area contributed by atoms with E-state index in [2.05, 4.69) is 23.3 Å². The van der Waals surface area contributed by atoms with E-state index in [0.29, 0.717) is 6.04 Å². The third-order valence-electron chi connectivity index (χ3n) is 3.89. The Morgan fingerprint density at radius 1 is 1.25 bits per heavy atom. The van der Waals surface area contributed by atoms with Gasteiger partial charge in [0.05, 0.1) is 0 Å². The molecule has 0 amide bonds. The molecule has 1 aromatic rings. The Balaban J connectivity index is 1.64. The number of hydrogen-bond donors (Lipinski definition) is 1. The highest BCUT2D eigenvalue weighted by Gasteiger charge is 2.41. The van der Waals surface area contributed by atoms with Crippen molar-refractivity contribution in [1.29, 1.82) is 0 Å². The van der Waals surface area contributed by atoms with Crippen molar-refractivity contribution in [2.75, 3.05) is 0 Å². The molecule has 0 aromatic carbocycles. The maximum Gasteiger partial charge on any atom is 0.0315 e. The lowest BCUT2D eigenvalue weighted by Gasteiger charge is -2.23. The molecule has 16 heavy (non-hydrogen) atoms. The van der Waals surface area contributed by atoms with Crippen LogP contribution in [0.5, 0.6) is 0 Å². The van der Waals surface area contributed by atoms with Crippen molar-refractivity contribution in [1.82, 2.24) is 10.3 Å². The number of rotatable bonds is 5. The van der Waals surface area contributed by atoms with Crippen LogP contribution in [0.25, 0.3) is 0 Å². The first kappa shape index (κ1) is 10.3. The molecule has 2 aliphatic rings. The molecule has 0 saturated heterocycles. The van der Waals surface area contributed by atoms with Gasteiger partial charge >= 0.3 is 0 Å². The van der Waals surface area contributed by atoms with Crippen LogP contribution in [0.2, 0.25) is 0 Å². The van der Waals surface area contributed by atoms with E-state index >= 15 is 0 Å². The van der Waals surface area contributed by atoms with Crippen molar-refractivity contribution in [2.24, 2.45) is 11.8 Å². The zero-order valence-corrected chi connectivity index (χ0v) is 9.89. The second-order valence-electron chi connectivity index (χ2n) is 5.38. The van der Waals surface area contributed by atoms with Gasteiger partial charge in [-0.25, -0.2) is 0 Å². The second kappa shape index (κ2) is 4.17. The van der Waals surface area contributed by atoms with Crippen molar-refractivity contribution in [3.8, 4) is 0 Å². The van der Waals surface area contributed by atoms with Gasteiger partial charge in [0, 0.05) is 24.5 Å². The first-order valence-electron chi connectivity index (χ1n) is 6.50. The Hall–Kier alpha value is -0.890. The van der Waals surface area contributed by atoms with E-state index in [1.54, 1.807) is 0 Å². The summed E-state index contributed by atoms with van der Waals surface area (Å²) < 4.78 is 0. The van der Waals surface area contributed by atoms with E-state index in [9.17, 15) is 0 Å². The van der Waals surface area contributed by atoms with Crippen molar-refractivity contribution < 1.29 is 0 Å². The van der Waals surface area contributed by atoms with Crippen molar-refractivity contribution in [3.05, 3.63) is 30.1 Å². The lowest BCUT2D eigenvalue weighted by Crippen LogP contribution is -2.35. The summed E-state index contributed by atoms with van der Waals surface area (Å²) in [6.45, 7) is 2.26. The van der Waals surface area contributed by atoms with E-state index in [-0.39, 0.29) is 0 Å². The molecule has 2 saturated carbocycles. The number of nitrogens with one attached hydrogen (secondary N) is 1. The average molecular weight is 216 g/mol. The van der Waals surface area contributed by atoms with E-state index in [0.717, 1.165) is 17.9 Å². The Kier molecular flexibility index (Phi) is 2.68. The lowest BCUT2D eigenvalue weighted by atomic mass is 10.0. The highest BCUT2D eigenvalue weighted by atomic mass is 15.0. The monoisotopic (exact) mass is 216 g/mol. The van der Waals surface area contributed by atoms with Gasteiger partial charge in [-0.3, -0.25) is 4.98 Å². The molecule has 0 radical (unpaired) electrons. The summed E-state index contributed by atoms with van der Waals surface area (Å²) in [7, 11) is 0. The molecule has 3 rings (SSSR count). The van der Waals surface area contributed by atoms with Gasteiger partial charge in [-0.05, 0) is 56.1 Å². The van der Waals surface area contributed by atoms with Crippen LogP contribution in [0.3, 0.4) is 0 Å². The minimum absolute atomic E-state index is 0.444. The molecule has 0 bridgehead atoms. The molecule has 2 aliphatic carbocycles. The van der Waals surface area contributed by atoms with E-state index in [4.69, 9.17) is 0 Å². The van der Waals surface area contributed by atoms with Gasteiger partial charge in [-0.2, -0.15) is 0 Å². The molecule has 2 heteroatoms. The molecule has 0 unspecified atom stereocenters. The number of hydrogen-bond acceptors (Lipinski definition) is 2. The quantitative estimate of drug-likeness (QED) is 0.818. The van der Waals surface area contributed by atoms with Crippen molar-refractivity contribution in [3.63, 3.8) is 0 Å². The average Bonchev–Trinajstić information content (AvgIpc) is 3.19. The predicted octanol–water partition coefficient (Wildman–Crippen LogP) is 2.92. The topological polar surface area (TPSA) is 24.9 Å². The van der Waals surface area contributed by atoms with Crippen LogP contribution in [0.4, 0.5) is 0 Å². The summed E-state index contributed by atoms with van der Waals surface area (Å²) in [5.41, 5.74) is 1.31. The standard InChI is InChI=1S/C14H20N2/c1-10(13-3-2-8-15-9-13)16-14(11-4-5-11)12-6-7-12/h2-3,8-12,14,16H,4-7H2,1H3/t10-/m0/s1. The molecule has 2 fully saturated rings. The molecule has 1 aromatic heterocycles. The highest BCUT2D eigenvalue weighted by Crippen LogP contribution is 2.45. The fourth-order valence-electron chi connectivity index (χ4n) is 2.58. The van der Waals surface area contributed by atoms with Crippen LogP contribution >= 0.6 is 0 Å². The SMILES string of the molecule is C[C@H](NC(C1CC1)C1CC1)c1cccnc1. The van der Waals surface area contributed by atoms with E-state index in [1.165, 1.54) is 31.2 Å². The molecule has 1 N–H and O–H groups in total. The Morgan fingerprint density at radius 3 is 2.44 bits per heavy atom. The zero-order chi connectivity index (χ0) is 11.0. The minimum atomic E-state index is 0.444. The first-order valence-corrected chi connectivity index (χ1v) is 6.50. The molecular formula is C14H20N2. The molecule has 0 aliphatic heterocycles. The fraction of sp³-hybridized carbons (Fsp3) is 0.643. The summed E-state index contributed by atoms with van der Waals surface area (Å²) in [6.07, 6.45) is 9.58. The molecule has 1 heterocycles. The minimum Gasteiger partial charge on any atom is -0.307 e. The maximum atomic E-state index is 4.19. The van der Waals surface area contributed by atoms with E-state index < -0.39 is 0 Å². The summed E-state index contributed by atoms with van der Waals surface area (Å²) in [6, 6.07) is 5.41. The van der Waals surface area contributed by atoms with Crippen LogP contribution < -0.4 is 5.32 Å².